The van der Waals surface area contributed by atoms with E-state index >= 15 is 0 Å². The standard InChI is InChI=1S/C23H17ClFN3O3/c1-13-11-15(14(2)27(13)20-6-4-3-5-19(20)24)12-18-21(29)26-23(31)28(22(18)30)17-9-7-16(25)8-10-17/h3-12H,1-2H3,(H,26,29,31)/b18-12+. The molecule has 8 heteroatoms. The molecule has 0 unspecified atom stereocenters. The van der Waals surface area contributed by atoms with Crippen LogP contribution in [0.1, 0.15) is 17.0 Å². The van der Waals surface area contributed by atoms with Gasteiger partial charge in [-0.15, -0.1) is 0 Å². The first-order chi connectivity index (χ1) is 14.8. The first kappa shape index (κ1) is 20.6. The SMILES string of the molecule is Cc1cc(/C=C2\C(=O)NC(=O)N(c3ccc(F)cc3)C2=O)c(C)n1-c1ccccc1Cl. The molecule has 1 N–H and O–H groups in total. The number of rotatable bonds is 3. The van der Waals surface area contributed by atoms with Crippen LogP contribution in [0.3, 0.4) is 0 Å². The Bertz CT molecular complexity index is 1260. The molecule has 0 saturated carbocycles. The molecule has 1 fully saturated rings. The van der Waals surface area contributed by atoms with Crippen molar-refractivity contribution in [2.45, 2.75) is 13.8 Å². The van der Waals surface area contributed by atoms with E-state index < -0.39 is 23.7 Å². The van der Waals surface area contributed by atoms with Gasteiger partial charge in [0.25, 0.3) is 11.8 Å². The number of carbonyl (C=O) groups is 3. The Morgan fingerprint density at radius 1 is 1.00 bits per heavy atom. The van der Waals surface area contributed by atoms with Crippen LogP contribution in [-0.4, -0.2) is 22.4 Å². The van der Waals surface area contributed by atoms with Gasteiger partial charge in [0.1, 0.15) is 11.4 Å². The number of halogens is 2. The van der Waals surface area contributed by atoms with Crippen molar-refractivity contribution in [1.82, 2.24) is 9.88 Å². The summed E-state index contributed by atoms with van der Waals surface area (Å²) in [4.78, 5) is 38.5. The van der Waals surface area contributed by atoms with Crippen molar-refractivity contribution in [2.24, 2.45) is 0 Å². The lowest BCUT2D eigenvalue weighted by Gasteiger charge is -2.26. The molecular formula is C23H17ClFN3O3. The summed E-state index contributed by atoms with van der Waals surface area (Å²) in [6.45, 7) is 3.73. The topological polar surface area (TPSA) is 71.4 Å². The molecule has 2 aromatic carbocycles. The summed E-state index contributed by atoms with van der Waals surface area (Å²) in [5.74, 6) is -2.09. The van der Waals surface area contributed by atoms with E-state index in [4.69, 9.17) is 11.6 Å². The minimum Gasteiger partial charge on any atom is -0.316 e. The average Bonchev–Trinajstić information content (AvgIpc) is 3.00. The zero-order valence-corrected chi connectivity index (χ0v) is 17.4. The summed E-state index contributed by atoms with van der Waals surface area (Å²) in [5, 5.41) is 2.72. The largest absolute Gasteiger partial charge is 0.335 e. The maximum atomic E-state index is 13.2. The number of carbonyl (C=O) groups excluding carboxylic acids is 3. The number of nitrogens with one attached hydrogen (secondary N) is 1. The molecule has 0 radical (unpaired) electrons. The molecule has 156 valence electrons. The van der Waals surface area contributed by atoms with Crippen molar-refractivity contribution in [3.8, 4) is 5.69 Å². The third-order valence-electron chi connectivity index (χ3n) is 5.05. The van der Waals surface area contributed by atoms with Gasteiger partial charge in [0.15, 0.2) is 0 Å². The zero-order chi connectivity index (χ0) is 22.3. The molecule has 1 aliphatic rings. The summed E-state index contributed by atoms with van der Waals surface area (Å²) in [6.07, 6.45) is 1.44. The van der Waals surface area contributed by atoms with E-state index in [1.165, 1.54) is 18.2 Å². The van der Waals surface area contributed by atoms with Gasteiger partial charge >= 0.3 is 6.03 Å². The molecule has 0 bridgehead atoms. The van der Waals surface area contributed by atoms with E-state index in [-0.39, 0.29) is 11.3 Å². The zero-order valence-electron chi connectivity index (χ0n) is 16.6. The van der Waals surface area contributed by atoms with Crippen LogP contribution in [0.4, 0.5) is 14.9 Å². The predicted molar refractivity (Wildman–Crippen MR) is 116 cm³/mol. The van der Waals surface area contributed by atoms with Crippen LogP contribution in [0.2, 0.25) is 5.02 Å². The van der Waals surface area contributed by atoms with Crippen LogP contribution in [0.25, 0.3) is 11.8 Å². The van der Waals surface area contributed by atoms with E-state index in [1.807, 2.05) is 42.7 Å². The maximum Gasteiger partial charge on any atom is 0.335 e. The summed E-state index contributed by atoms with van der Waals surface area (Å²) in [7, 11) is 0. The molecule has 0 atom stereocenters. The van der Waals surface area contributed by atoms with E-state index in [9.17, 15) is 18.8 Å². The van der Waals surface area contributed by atoms with Gasteiger partial charge in [0.05, 0.1) is 16.4 Å². The molecule has 31 heavy (non-hydrogen) atoms. The average molecular weight is 438 g/mol. The number of benzene rings is 2. The predicted octanol–water partition coefficient (Wildman–Crippen LogP) is 4.55. The molecule has 4 amide bonds. The van der Waals surface area contributed by atoms with Crippen molar-refractivity contribution in [2.75, 3.05) is 4.90 Å². The fraction of sp³-hybridized carbons (Fsp3) is 0.0870. The number of hydrogen-bond donors (Lipinski definition) is 1. The quantitative estimate of drug-likeness (QED) is 0.482. The highest BCUT2D eigenvalue weighted by molar-refractivity contribution is 6.39. The lowest BCUT2D eigenvalue weighted by atomic mass is 10.1. The van der Waals surface area contributed by atoms with E-state index in [1.54, 1.807) is 6.07 Å². The van der Waals surface area contributed by atoms with Crippen LogP contribution in [0, 0.1) is 19.7 Å². The number of urea groups is 1. The number of barbiturate groups is 1. The third kappa shape index (κ3) is 3.64. The Hall–Kier alpha value is -3.71. The monoisotopic (exact) mass is 437 g/mol. The number of anilines is 1. The van der Waals surface area contributed by atoms with Crippen molar-refractivity contribution >= 4 is 41.2 Å². The highest BCUT2D eigenvalue weighted by Crippen LogP contribution is 2.28. The molecule has 4 rings (SSSR count). The fourth-order valence-corrected chi connectivity index (χ4v) is 3.80. The summed E-state index contributed by atoms with van der Waals surface area (Å²) >= 11 is 6.34. The first-order valence-electron chi connectivity index (χ1n) is 9.39. The normalized spacial score (nSPS) is 15.5. The lowest BCUT2D eigenvalue weighted by molar-refractivity contribution is -0.122. The lowest BCUT2D eigenvalue weighted by Crippen LogP contribution is -2.54. The van der Waals surface area contributed by atoms with E-state index in [0.29, 0.717) is 10.6 Å². The Kier molecular flexibility index (Phi) is 5.20. The van der Waals surface area contributed by atoms with Crippen LogP contribution < -0.4 is 10.2 Å². The molecule has 1 aromatic heterocycles. The van der Waals surface area contributed by atoms with Crippen molar-refractivity contribution in [3.05, 3.63) is 88.0 Å². The van der Waals surface area contributed by atoms with Crippen molar-refractivity contribution in [3.63, 3.8) is 0 Å². The van der Waals surface area contributed by atoms with Gasteiger partial charge in [-0.25, -0.2) is 14.1 Å². The molecule has 0 spiro atoms. The molecule has 2 heterocycles. The van der Waals surface area contributed by atoms with Gasteiger partial charge in [-0.05, 0) is 68.0 Å². The van der Waals surface area contributed by atoms with E-state index in [0.717, 1.165) is 34.1 Å². The van der Waals surface area contributed by atoms with Gasteiger partial charge in [-0.2, -0.15) is 0 Å². The number of amides is 4. The second-order valence-electron chi connectivity index (χ2n) is 7.05. The highest BCUT2D eigenvalue weighted by atomic mass is 35.5. The molecule has 6 nitrogen and oxygen atoms in total. The second kappa shape index (κ2) is 7.85. The molecule has 3 aromatic rings. The molecular weight excluding hydrogens is 421 g/mol. The minimum atomic E-state index is -0.889. The Morgan fingerprint density at radius 2 is 1.68 bits per heavy atom. The molecule has 1 aliphatic heterocycles. The Morgan fingerprint density at radius 3 is 2.35 bits per heavy atom. The van der Waals surface area contributed by atoms with Crippen molar-refractivity contribution in [1.29, 1.82) is 0 Å². The Labute approximate surface area is 182 Å². The molecule has 0 aliphatic carbocycles. The van der Waals surface area contributed by atoms with Gasteiger partial charge < -0.3 is 4.57 Å². The number of aryl methyl sites for hydroxylation is 1. The second-order valence-corrected chi connectivity index (χ2v) is 7.45. The number of imide groups is 2. The van der Waals surface area contributed by atoms with Gasteiger partial charge in [-0.3, -0.25) is 14.9 Å². The van der Waals surface area contributed by atoms with Gasteiger partial charge in [0, 0.05) is 11.4 Å². The number of aromatic nitrogens is 1. The third-order valence-corrected chi connectivity index (χ3v) is 5.37. The van der Waals surface area contributed by atoms with Gasteiger partial charge in [0.2, 0.25) is 0 Å². The number of para-hydroxylation sites is 1. The number of nitrogens with zero attached hydrogens (tertiary/aromatic N) is 2. The van der Waals surface area contributed by atoms with Crippen LogP contribution in [-0.2, 0) is 9.59 Å². The fourth-order valence-electron chi connectivity index (χ4n) is 3.58. The molecule has 1 saturated heterocycles. The summed E-state index contributed by atoms with van der Waals surface area (Å²) in [6, 6.07) is 13.1. The smallest absolute Gasteiger partial charge is 0.316 e. The van der Waals surface area contributed by atoms with Crippen LogP contribution >= 0.6 is 11.6 Å². The van der Waals surface area contributed by atoms with E-state index in [2.05, 4.69) is 5.32 Å². The van der Waals surface area contributed by atoms with Gasteiger partial charge in [-0.1, -0.05) is 23.7 Å². The first-order valence-corrected chi connectivity index (χ1v) is 9.76. The van der Waals surface area contributed by atoms with Crippen molar-refractivity contribution < 1.29 is 18.8 Å². The minimum absolute atomic E-state index is 0.156. The number of hydrogen-bond acceptors (Lipinski definition) is 3. The summed E-state index contributed by atoms with van der Waals surface area (Å²) in [5.41, 5.74) is 2.97. The Balaban J connectivity index is 1.77. The highest BCUT2D eigenvalue weighted by Gasteiger charge is 2.37. The summed E-state index contributed by atoms with van der Waals surface area (Å²) < 4.78 is 15.2. The van der Waals surface area contributed by atoms with Crippen LogP contribution in [0.5, 0.6) is 0 Å². The van der Waals surface area contributed by atoms with Crippen LogP contribution in [0.15, 0.2) is 60.2 Å². The maximum absolute atomic E-state index is 13.2.